The van der Waals surface area contributed by atoms with Crippen molar-refractivity contribution in [2.24, 2.45) is 0 Å². The fourth-order valence-electron chi connectivity index (χ4n) is 4.35. The summed E-state index contributed by atoms with van der Waals surface area (Å²) in [5.41, 5.74) is 2.67. The lowest BCUT2D eigenvalue weighted by atomic mass is 9.94. The van der Waals surface area contributed by atoms with Crippen LogP contribution in [0.25, 0.3) is 0 Å². The van der Waals surface area contributed by atoms with E-state index in [2.05, 4.69) is 16.0 Å². The topological polar surface area (TPSA) is 108 Å². The zero-order valence-corrected chi connectivity index (χ0v) is 20.2. The average molecular weight is 495 g/mol. The van der Waals surface area contributed by atoms with Gasteiger partial charge in [0, 0.05) is 36.4 Å². The molecule has 35 heavy (non-hydrogen) atoms. The van der Waals surface area contributed by atoms with Crippen LogP contribution in [0.3, 0.4) is 0 Å². The number of halogens is 1. The third-order valence-electron chi connectivity index (χ3n) is 6.15. The third kappa shape index (κ3) is 5.71. The number of nitrogens with zero attached hydrogens (tertiary/aromatic N) is 1. The summed E-state index contributed by atoms with van der Waals surface area (Å²) in [5, 5.41) is 8.42. The van der Waals surface area contributed by atoms with Gasteiger partial charge < -0.3 is 16.0 Å². The van der Waals surface area contributed by atoms with Gasteiger partial charge in [0.1, 0.15) is 10.7 Å². The highest BCUT2D eigenvalue weighted by Crippen LogP contribution is 2.30. The Morgan fingerprint density at radius 3 is 2.09 bits per heavy atom. The summed E-state index contributed by atoms with van der Waals surface area (Å²) in [6.45, 7) is 1.72. The molecule has 2 aromatic rings. The van der Waals surface area contributed by atoms with Crippen LogP contribution in [0.1, 0.15) is 54.9 Å². The van der Waals surface area contributed by atoms with Gasteiger partial charge in [-0.3, -0.25) is 24.1 Å². The Hall–Kier alpha value is -3.65. The van der Waals surface area contributed by atoms with E-state index in [1.54, 1.807) is 48.5 Å². The number of imide groups is 1. The lowest BCUT2D eigenvalue weighted by molar-refractivity contribution is -0.141. The summed E-state index contributed by atoms with van der Waals surface area (Å²) < 4.78 is 0. The van der Waals surface area contributed by atoms with Gasteiger partial charge in [0.15, 0.2) is 0 Å². The molecule has 0 spiro atoms. The van der Waals surface area contributed by atoms with Crippen molar-refractivity contribution in [1.82, 2.24) is 10.2 Å². The van der Waals surface area contributed by atoms with Crippen molar-refractivity contribution in [3.8, 4) is 0 Å². The maximum absolute atomic E-state index is 12.9. The molecule has 182 valence electrons. The molecule has 0 atom stereocenters. The molecule has 4 amide bonds. The fourth-order valence-corrected chi connectivity index (χ4v) is 4.59. The predicted molar refractivity (Wildman–Crippen MR) is 134 cm³/mol. The number of nitrogens with one attached hydrogen (secondary N) is 3. The molecule has 9 heteroatoms. The van der Waals surface area contributed by atoms with Crippen LogP contribution in [0.4, 0.5) is 11.4 Å². The first kappa shape index (κ1) is 24.5. The Morgan fingerprint density at radius 1 is 0.886 bits per heavy atom. The van der Waals surface area contributed by atoms with Gasteiger partial charge in [0.2, 0.25) is 5.91 Å². The second-order valence-electron chi connectivity index (χ2n) is 8.72. The number of hydrogen-bond donors (Lipinski definition) is 3. The predicted octanol–water partition coefficient (Wildman–Crippen LogP) is 4.14. The molecule has 1 fully saturated rings. The molecule has 1 aliphatic carbocycles. The van der Waals surface area contributed by atoms with Crippen LogP contribution in [-0.2, 0) is 20.9 Å². The smallest absolute Gasteiger partial charge is 0.278 e. The molecule has 8 nitrogen and oxygen atoms in total. The Labute approximate surface area is 208 Å². The molecule has 0 aromatic heterocycles. The van der Waals surface area contributed by atoms with Crippen molar-refractivity contribution in [3.63, 3.8) is 0 Å². The van der Waals surface area contributed by atoms with Crippen molar-refractivity contribution < 1.29 is 19.2 Å². The SMILES string of the molecule is CC(=O)Nc1ccc(NC(=O)c2ccc(CNC3=C(Cl)C(=O)N(C4CCCCC4)C3=O)cc2)cc1. The Bertz CT molecular complexity index is 1170. The monoisotopic (exact) mass is 494 g/mol. The van der Waals surface area contributed by atoms with Gasteiger partial charge in [-0.1, -0.05) is 43.0 Å². The highest BCUT2D eigenvalue weighted by Gasteiger charge is 2.41. The molecule has 1 aliphatic heterocycles. The van der Waals surface area contributed by atoms with Crippen LogP contribution in [-0.4, -0.2) is 34.6 Å². The van der Waals surface area contributed by atoms with E-state index < -0.39 is 5.91 Å². The first-order valence-electron chi connectivity index (χ1n) is 11.6. The summed E-state index contributed by atoms with van der Waals surface area (Å²) in [6, 6.07) is 13.6. The van der Waals surface area contributed by atoms with E-state index in [1.165, 1.54) is 11.8 Å². The summed E-state index contributed by atoms with van der Waals surface area (Å²) in [4.78, 5) is 50.4. The second-order valence-corrected chi connectivity index (χ2v) is 9.10. The number of anilines is 2. The van der Waals surface area contributed by atoms with Gasteiger partial charge in [0.25, 0.3) is 17.7 Å². The maximum atomic E-state index is 12.9. The Morgan fingerprint density at radius 2 is 1.49 bits per heavy atom. The van der Waals surface area contributed by atoms with Gasteiger partial charge in [0.05, 0.1) is 0 Å². The number of hydrogen-bond acceptors (Lipinski definition) is 5. The van der Waals surface area contributed by atoms with Crippen LogP contribution in [0, 0.1) is 0 Å². The first-order chi connectivity index (χ1) is 16.8. The minimum Gasteiger partial charge on any atom is -0.375 e. The number of rotatable bonds is 7. The van der Waals surface area contributed by atoms with E-state index in [1.807, 2.05) is 0 Å². The first-order valence-corrected chi connectivity index (χ1v) is 12.0. The molecule has 1 saturated carbocycles. The highest BCUT2D eigenvalue weighted by molar-refractivity contribution is 6.47. The molecule has 0 saturated heterocycles. The van der Waals surface area contributed by atoms with Crippen LogP contribution < -0.4 is 16.0 Å². The van der Waals surface area contributed by atoms with E-state index in [4.69, 9.17) is 11.6 Å². The molecule has 0 unspecified atom stereocenters. The second kappa shape index (κ2) is 10.7. The van der Waals surface area contributed by atoms with Crippen LogP contribution in [0.5, 0.6) is 0 Å². The van der Waals surface area contributed by atoms with Crippen molar-refractivity contribution in [3.05, 3.63) is 70.4 Å². The van der Waals surface area contributed by atoms with E-state index in [-0.39, 0.29) is 41.0 Å². The molecule has 0 bridgehead atoms. The lowest BCUT2D eigenvalue weighted by Crippen LogP contribution is -2.43. The minimum absolute atomic E-state index is 0.0684. The standard InChI is InChI=1S/C26H27ClN4O4/c1-16(32)29-19-11-13-20(14-12-19)30-24(33)18-9-7-17(8-10-18)15-28-23-22(27)25(34)31(26(23)35)21-5-3-2-4-6-21/h7-14,21,28H,2-6,15H2,1H3,(H,29,32)(H,30,33). The molecule has 2 aliphatic rings. The van der Waals surface area contributed by atoms with E-state index >= 15 is 0 Å². The van der Waals surface area contributed by atoms with Crippen LogP contribution >= 0.6 is 11.6 Å². The highest BCUT2D eigenvalue weighted by atomic mass is 35.5. The molecule has 3 N–H and O–H groups in total. The normalized spacial score (nSPS) is 16.5. The zero-order chi connectivity index (χ0) is 24.9. The van der Waals surface area contributed by atoms with E-state index in [9.17, 15) is 19.2 Å². The molecule has 1 heterocycles. The lowest BCUT2D eigenvalue weighted by Gasteiger charge is -2.29. The van der Waals surface area contributed by atoms with E-state index in [0.717, 1.165) is 37.7 Å². The number of carbonyl (C=O) groups is 4. The molecular formula is C26H27ClN4O4. The summed E-state index contributed by atoms with van der Waals surface area (Å²) in [6.07, 6.45) is 4.77. The summed E-state index contributed by atoms with van der Waals surface area (Å²) >= 11 is 6.21. The number of benzene rings is 2. The maximum Gasteiger partial charge on any atom is 0.278 e. The van der Waals surface area contributed by atoms with Crippen molar-refractivity contribution >= 4 is 46.6 Å². The largest absolute Gasteiger partial charge is 0.375 e. The third-order valence-corrected chi connectivity index (χ3v) is 6.50. The van der Waals surface area contributed by atoms with Gasteiger partial charge in [-0.05, 0) is 54.8 Å². The fraction of sp³-hybridized carbons (Fsp3) is 0.308. The quantitative estimate of drug-likeness (QED) is 0.501. The number of carbonyl (C=O) groups excluding carboxylic acids is 4. The Balaban J connectivity index is 1.33. The van der Waals surface area contributed by atoms with Gasteiger partial charge in [-0.15, -0.1) is 0 Å². The average Bonchev–Trinajstić information content (AvgIpc) is 3.07. The summed E-state index contributed by atoms with van der Waals surface area (Å²) in [5.74, 6) is -1.24. The minimum atomic E-state index is -0.428. The van der Waals surface area contributed by atoms with Gasteiger partial charge in [-0.2, -0.15) is 0 Å². The molecule has 0 radical (unpaired) electrons. The Kier molecular flexibility index (Phi) is 7.51. The van der Waals surface area contributed by atoms with Crippen molar-refractivity contribution in [1.29, 1.82) is 0 Å². The molecule has 4 rings (SSSR count). The summed E-state index contributed by atoms with van der Waals surface area (Å²) in [7, 11) is 0. The van der Waals surface area contributed by atoms with Gasteiger partial charge >= 0.3 is 0 Å². The van der Waals surface area contributed by atoms with Crippen molar-refractivity contribution in [2.45, 2.75) is 51.6 Å². The van der Waals surface area contributed by atoms with E-state index in [0.29, 0.717) is 16.9 Å². The number of amides is 4. The zero-order valence-electron chi connectivity index (χ0n) is 19.4. The van der Waals surface area contributed by atoms with Crippen LogP contribution in [0.15, 0.2) is 59.3 Å². The molecular weight excluding hydrogens is 468 g/mol. The molecule has 2 aromatic carbocycles. The van der Waals surface area contributed by atoms with Crippen LogP contribution in [0.2, 0.25) is 0 Å². The van der Waals surface area contributed by atoms with Gasteiger partial charge in [-0.25, -0.2) is 0 Å². The van der Waals surface area contributed by atoms with Crippen molar-refractivity contribution in [2.75, 3.05) is 10.6 Å².